The van der Waals surface area contributed by atoms with Crippen LogP contribution in [0.15, 0.2) is 96.1 Å². The summed E-state index contributed by atoms with van der Waals surface area (Å²) in [5, 5.41) is 0.434. The van der Waals surface area contributed by atoms with Crippen LogP contribution in [0.1, 0.15) is 57.2 Å². The third-order valence-corrected chi connectivity index (χ3v) is 9.65. The molecule has 1 heterocycles. The molecule has 7 nitrogen and oxygen atoms in total. The highest BCUT2D eigenvalue weighted by molar-refractivity contribution is 6.30. The Morgan fingerprint density at radius 2 is 1.44 bits per heavy atom. The molecule has 0 radical (unpaired) electrons. The van der Waals surface area contributed by atoms with E-state index in [1.807, 2.05) is 48.5 Å². The molecule has 0 saturated heterocycles. The van der Waals surface area contributed by atoms with Crippen molar-refractivity contribution in [3.05, 3.63) is 112 Å². The zero-order valence-corrected chi connectivity index (χ0v) is 27.1. The number of carbonyl (C=O) groups excluding carboxylic acids is 3. The number of rotatable bonds is 8. The molecule has 0 aromatic heterocycles. The molecule has 1 aliphatic heterocycles. The molecular weight excluding hydrogens is 590 g/mol. The number of halogens is 1. The van der Waals surface area contributed by atoms with Gasteiger partial charge in [-0.05, 0) is 53.5 Å². The second-order valence-corrected chi connectivity index (χ2v) is 12.9. The molecule has 2 unspecified atom stereocenters. The standard InChI is InChI=1S/C37H40ClNO6/c1-23-19-20-28(37(2,3)25-15-10-7-11-16-25)29(21-23)45-36(42)33-31(35(41)44-5)30(34(40)43-4)32(24-13-8-6-9-14-24)39(33)27-18-12-17-26(38)22-27/h6-18,22-23,28-29,32-33H,19-21H2,1-5H3/t23-,28-,29-,32?,33?/m1/s1. The molecule has 2 aliphatic rings. The Bertz CT molecular complexity index is 1570. The fraction of sp³-hybridized carbons (Fsp3) is 0.378. The first-order valence-corrected chi connectivity index (χ1v) is 15.7. The lowest BCUT2D eigenvalue weighted by Gasteiger charge is -2.44. The van der Waals surface area contributed by atoms with E-state index in [0.717, 1.165) is 12.8 Å². The van der Waals surface area contributed by atoms with Crippen molar-refractivity contribution >= 4 is 35.2 Å². The molecule has 0 spiro atoms. The number of esters is 3. The van der Waals surface area contributed by atoms with Gasteiger partial charge in [0, 0.05) is 16.6 Å². The Labute approximate surface area is 270 Å². The lowest BCUT2D eigenvalue weighted by Crippen LogP contribution is -2.48. The second kappa shape index (κ2) is 13.5. The van der Waals surface area contributed by atoms with Gasteiger partial charge in [-0.25, -0.2) is 14.4 Å². The van der Waals surface area contributed by atoms with Crippen LogP contribution in [0.3, 0.4) is 0 Å². The van der Waals surface area contributed by atoms with Crippen LogP contribution >= 0.6 is 11.6 Å². The number of carbonyl (C=O) groups is 3. The molecule has 236 valence electrons. The van der Waals surface area contributed by atoms with E-state index in [2.05, 4.69) is 32.9 Å². The van der Waals surface area contributed by atoms with Gasteiger partial charge in [-0.2, -0.15) is 0 Å². The van der Waals surface area contributed by atoms with Crippen molar-refractivity contribution in [2.24, 2.45) is 11.8 Å². The van der Waals surface area contributed by atoms with Gasteiger partial charge in [-0.3, -0.25) is 0 Å². The SMILES string of the molecule is COC(=O)C1=C(C(=O)OC)C(c2ccccc2)N(c2cccc(Cl)c2)C1C(=O)O[C@@H]1C[C@H](C)CC[C@H]1C(C)(C)c1ccccc1. The number of benzene rings is 3. The maximum Gasteiger partial charge on any atom is 0.337 e. The number of hydrogen-bond acceptors (Lipinski definition) is 7. The van der Waals surface area contributed by atoms with E-state index in [0.29, 0.717) is 28.6 Å². The Hall–Kier alpha value is -4.10. The normalized spacial score (nSPS) is 23.4. The molecule has 3 aromatic rings. The average molecular weight is 630 g/mol. The minimum atomic E-state index is -1.30. The molecular formula is C37H40ClNO6. The van der Waals surface area contributed by atoms with Crippen molar-refractivity contribution in [3.8, 4) is 0 Å². The molecule has 1 saturated carbocycles. The molecule has 45 heavy (non-hydrogen) atoms. The maximum absolute atomic E-state index is 14.7. The largest absolute Gasteiger partial charge is 0.466 e. The van der Waals surface area contributed by atoms with Crippen LogP contribution in [-0.4, -0.2) is 44.3 Å². The van der Waals surface area contributed by atoms with E-state index in [9.17, 15) is 14.4 Å². The van der Waals surface area contributed by atoms with Gasteiger partial charge in [-0.15, -0.1) is 0 Å². The van der Waals surface area contributed by atoms with E-state index >= 15 is 0 Å². The summed E-state index contributed by atoms with van der Waals surface area (Å²) in [5.41, 5.74) is 2.01. The predicted octanol–water partition coefficient (Wildman–Crippen LogP) is 7.24. The van der Waals surface area contributed by atoms with Crippen LogP contribution in [0.5, 0.6) is 0 Å². The Morgan fingerprint density at radius 3 is 2.07 bits per heavy atom. The molecule has 1 aliphatic carbocycles. The quantitative estimate of drug-likeness (QED) is 0.192. The molecule has 3 aromatic carbocycles. The molecule has 0 N–H and O–H groups in total. The van der Waals surface area contributed by atoms with E-state index in [-0.39, 0.29) is 22.5 Å². The highest BCUT2D eigenvalue weighted by atomic mass is 35.5. The monoisotopic (exact) mass is 629 g/mol. The number of anilines is 1. The zero-order chi connectivity index (χ0) is 32.3. The number of methoxy groups -OCH3 is 2. The van der Waals surface area contributed by atoms with Crippen LogP contribution in [0.25, 0.3) is 0 Å². The van der Waals surface area contributed by atoms with Gasteiger partial charge in [0.15, 0.2) is 6.04 Å². The topological polar surface area (TPSA) is 82.1 Å². The molecule has 5 atom stereocenters. The third-order valence-electron chi connectivity index (χ3n) is 9.42. The minimum absolute atomic E-state index is 0.0238. The molecule has 1 fully saturated rings. The minimum Gasteiger partial charge on any atom is -0.466 e. The smallest absolute Gasteiger partial charge is 0.337 e. The summed E-state index contributed by atoms with van der Waals surface area (Å²) in [6, 6.07) is 24.3. The first-order chi connectivity index (χ1) is 21.6. The van der Waals surface area contributed by atoms with Crippen molar-refractivity contribution in [3.63, 3.8) is 0 Å². The summed E-state index contributed by atoms with van der Waals surface area (Å²) in [6.45, 7) is 6.55. The van der Waals surface area contributed by atoms with Gasteiger partial charge in [0.25, 0.3) is 0 Å². The summed E-state index contributed by atoms with van der Waals surface area (Å²) < 4.78 is 16.9. The average Bonchev–Trinajstić information content (AvgIpc) is 3.41. The second-order valence-electron chi connectivity index (χ2n) is 12.5. The van der Waals surface area contributed by atoms with Crippen molar-refractivity contribution in [2.75, 3.05) is 19.1 Å². The van der Waals surface area contributed by atoms with Gasteiger partial charge < -0.3 is 19.1 Å². The van der Waals surface area contributed by atoms with Crippen molar-refractivity contribution in [1.29, 1.82) is 0 Å². The van der Waals surface area contributed by atoms with Crippen LogP contribution in [-0.2, 0) is 34.0 Å². The van der Waals surface area contributed by atoms with Crippen LogP contribution < -0.4 is 4.90 Å². The first-order valence-electron chi connectivity index (χ1n) is 15.3. The van der Waals surface area contributed by atoms with Gasteiger partial charge in [0.05, 0.1) is 31.4 Å². The first kappa shape index (κ1) is 32.3. The fourth-order valence-corrected chi connectivity index (χ4v) is 7.28. The van der Waals surface area contributed by atoms with Gasteiger partial charge >= 0.3 is 17.9 Å². The Morgan fingerprint density at radius 1 is 0.822 bits per heavy atom. The summed E-state index contributed by atoms with van der Waals surface area (Å²) in [6.07, 6.45) is 2.15. The zero-order valence-electron chi connectivity index (χ0n) is 26.4. The van der Waals surface area contributed by atoms with Crippen molar-refractivity contribution < 1.29 is 28.6 Å². The summed E-state index contributed by atoms with van der Waals surface area (Å²) >= 11 is 6.46. The number of nitrogens with zero attached hydrogens (tertiary/aromatic N) is 1. The van der Waals surface area contributed by atoms with Crippen LogP contribution in [0.2, 0.25) is 5.02 Å². The maximum atomic E-state index is 14.7. The van der Waals surface area contributed by atoms with Crippen molar-refractivity contribution in [1.82, 2.24) is 0 Å². The Balaban J connectivity index is 1.64. The summed E-state index contributed by atoms with van der Waals surface area (Å²) in [4.78, 5) is 43.5. The highest BCUT2D eigenvalue weighted by Gasteiger charge is 2.53. The van der Waals surface area contributed by atoms with Crippen LogP contribution in [0, 0.1) is 11.8 Å². The lowest BCUT2D eigenvalue weighted by atomic mass is 9.64. The third kappa shape index (κ3) is 6.36. The lowest BCUT2D eigenvalue weighted by molar-refractivity contribution is -0.158. The molecule has 0 amide bonds. The highest BCUT2D eigenvalue weighted by Crippen LogP contribution is 2.48. The van der Waals surface area contributed by atoms with E-state index < -0.39 is 36.1 Å². The van der Waals surface area contributed by atoms with Gasteiger partial charge in [0.1, 0.15) is 6.10 Å². The van der Waals surface area contributed by atoms with Crippen molar-refractivity contribution in [2.45, 2.75) is 63.6 Å². The summed E-state index contributed by atoms with van der Waals surface area (Å²) in [7, 11) is 2.48. The van der Waals surface area contributed by atoms with Gasteiger partial charge in [-0.1, -0.05) is 106 Å². The molecule has 0 bridgehead atoms. The number of hydrogen-bond donors (Lipinski definition) is 0. The summed E-state index contributed by atoms with van der Waals surface area (Å²) in [5.74, 6) is -1.81. The van der Waals surface area contributed by atoms with Crippen LogP contribution in [0.4, 0.5) is 5.69 Å². The molecule has 5 rings (SSSR count). The fourth-order valence-electron chi connectivity index (χ4n) is 7.09. The van der Waals surface area contributed by atoms with E-state index in [1.165, 1.54) is 19.8 Å². The van der Waals surface area contributed by atoms with E-state index in [4.69, 9.17) is 25.8 Å². The van der Waals surface area contributed by atoms with Gasteiger partial charge in [0.2, 0.25) is 0 Å². The van der Waals surface area contributed by atoms with E-state index in [1.54, 1.807) is 29.2 Å². The Kier molecular flexibility index (Phi) is 9.68. The molecule has 8 heteroatoms. The number of ether oxygens (including phenoxy) is 3. The predicted molar refractivity (Wildman–Crippen MR) is 174 cm³/mol.